The number of hydrogen-bond donors (Lipinski definition) is 1. The van der Waals surface area contributed by atoms with Gasteiger partial charge in [-0.2, -0.15) is 0 Å². The van der Waals surface area contributed by atoms with Crippen molar-refractivity contribution >= 4 is 11.3 Å². The Balaban J connectivity index is 2.31. The Morgan fingerprint density at radius 2 is 2.45 bits per heavy atom. The van der Waals surface area contributed by atoms with Crippen LogP contribution >= 0.6 is 11.3 Å². The molecule has 0 fully saturated rings. The lowest BCUT2D eigenvalue weighted by molar-refractivity contribution is 0.318. The Labute approximate surface area is 70.0 Å². The van der Waals surface area contributed by atoms with Gasteiger partial charge in [0.15, 0.2) is 0 Å². The first kappa shape index (κ1) is 8.68. The van der Waals surface area contributed by atoms with Crippen LogP contribution in [0.5, 0.6) is 0 Å². The highest BCUT2D eigenvalue weighted by Crippen LogP contribution is 2.13. The molecule has 1 rings (SSSR count). The van der Waals surface area contributed by atoms with Crippen molar-refractivity contribution in [2.24, 2.45) is 5.73 Å². The van der Waals surface area contributed by atoms with Gasteiger partial charge in [0.05, 0.1) is 0 Å². The first-order valence-electron chi connectivity index (χ1n) is 3.69. The van der Waals surface area contributed by atoms with Gasteiger partial charge < -0.3 is 5.73 Å². The van der Waals surface area contributed by atoms with Crippen molar-refractivity contribution in [1.29, 1.82) is 0 Å². The number of alkyl halides is 1. The summed E-state index contributed by atoms with van der Waals surface area (Å²) in [5, 5.41) is 1.96. The van der Waals surface area contributed by atoms with E-state index < -0.39 is 6.17 Å². The summed E-state index contributed by atoms with van der Waals surface area (Å²) in [6.45, 7) is 0.437. The summed E-state index contributed by atoms with van der Waals surface area (Å²) in [4.78, 5) is 1.10. The SMILES string of the molecule is NCCC(F)Cc1cccs1. The number of hydrogen-bond acceptors (Lipinski definition) is 2. The van der Waals surface area contributed by atoms with E-state index in [1.54, 1.807) is 11.3 Å². The number of thiophene rings is 1. The maximum Gasteiger partial charge on any atom is 0.106 e. The predicted octanol–water partition coefficient (Wildman–Crippen LogP) is 1.98. The van der Waals surface area contributed by atoms with Crippen molar-refractivity contribution < 1.29 is 4.39 Å². The molecular formula is C8H12FNS. The van der Waals surface area contributed by atoms with Gasteiger partial charge in [0.1, 0.15) is 6.17 Å². The molecule has 1 nitrogen and oxygen atoms in total. The quantitative estimate of drug-likeness (QED) is 0.740. The van der Waals surface area contributed by atoms with Gasteiger partial charge in [-0.15, -0.1) is 11.3 Å². The lowest BCUT2D eigenvalue weighted by atomic mass is 10.2. The zero-order valence-electron chi connectivity index (χ0n) is 6.29. The third kappa shape index (κ3) is 2.99. The summed E-state index contributed by atoms with van der Waals surface area (Å²) in [7, 11) is 0. The Kier molecular flexibility index (Phi) is 3.52. The molecule has 0 aliphatic carbocycles. The molecule has 11 heavy (non-hydrogen) atoms. The van der Waals surface area contributed by atoms with E-state index in [1.165, 1.54) is 0 Å². The largest absolute Gasteiger partial charge is 0.330 e. The molecule has 0 aliphatic heterocycles. The molecule has 1 unspecified atom stereocenters. The summed E-state index contributed by atoms with van der Waals surface area (Å²) in [5.41, 5.74) is 5.22. The fourth-order valence-corrected chi connectivity index (χ4v) is 1.70. The van der Waals surface area contributed by atoms with E-state index >= 15 is 0 Å². The molecular weight excluding hydrogens is 161 g/mol. The van der Waals surface area contributed by atoms with Crippen LogP contribution in [-0.2, 0) is 6.42 Å². The highest BCUT2D eigenvalue weighted by atomic mass is 32.1. The van der Waals surface area contributed by atoms with Gasteiger partial charge in [-0.25, -0.2) is 4.39 Å². The van der Waals surface area contributed by atoms with Gasteiger partial charge in [-0.3, -0.25) is 0 Å². The lowest BCUT2D eigenvalue weighted by Gasteiger charge is -2.02. The first-order chi connectivity index (χ1) is 5.33. The van der Waals surface area contributed by atoms with Gasteiger partial charge in [-0.1, -0.05) is 6.07 Å². The molecule has 1 aromatic rings. The fourth-order valence-electron chi connectivity index (χ4n) is 0.930. The fraction of sp³-hybridized carbons (Fsp3) is 0.500. The van der Waals surface area contributed by atoms with E-state index in [2.05, 4.69) is 0 Å². The topological polar surface area (TPSA) is 26.0 Å². The molecule has 0 spiro atoms. The molecule has 0 saturated heterocycles. The van der Waals surface area contributed by atoms with E-state index in [1.807, 2.05) is 17.5 Å². The van der Waals surface area contributed by atoms with Crippen molar-refractivity contribution in [2.45, 2.75) is 19.0 Å². The minimum Gasteiger partial charge on any atom is -0.330 e. The minimum absolute atomic E-state index is 0.437. The van der Waals surface area contributed by atoms with Crippen molar-refractivity contribution in [3.05, 3.63) is 22.4 Å². The molecule has 0 amide bonds. The smallest absolute Gasteiger partial charge is 0.106 e. The van der Waals surface area contributed by atoms with Gasteiger partial charge in [0.25, 0.3) is 0 Å². The Bertz CT molecular complexity index is 186. The van der Waals surface area contributed by atoms with Crippen LogP contribution in [0.4, 0.5) is 4.39 Å². The molecule has 1 atom stereocenters. The van der Waals surface area contributed by atoms with Gasteiger partial charge in [-0.05, 0) is 24.4 Å². The van der Waals surface area contributed by atoms with Crippen molar-refractivity contribution in [2.75, 3.05) is 6.54 Å². The second-order valence-electron chi connectivity index (χ2n) is 2.46. The highest BCUT2D eigenvalue weighted by Gasteiger charge is 2.06. The third-order valence-corrected chi connectivity index (χ3v) is 2.38. The van der Waals surface area contributed by atoms with Gasteiger partial charge >= 0.3 is 0 Å². The summed E-state index contributed by atoms with van der Waals surface area (Å²) in [5.74, 6) is 0. The van der Waals surface area contributed by atoms with Crippen LogP contribution in [0.2, 0.25) is 0 Å². The van der Waals surface area contributed by atoms with E-state index in [0.717, 1.165) is 4.88 Å². The van der Waals surface area contributed by atoms with Crippen molar-refractivity contribution in [3.8, 4) is 0 Å². The van der Waals surface area contributed by atoms with Crippen LogP contribution in [0.15, 0.2) is 17.5 Å². The molecule has 0 aromatic carbocycles. The molecule has 1 aromatic heterocycles. The second kappa shape index (κ2) is 4.46. The van der Waals surface area contributed by atoms with Crippen LogP contribution in [0.3, 0.4) is 0 Å². The maximum absolute atomic E-state index is 12.9. The number of halogens is 1. The maximum atomic E-state index is 12.9. The molecule has 0 saturated carbocycles. The first-order valence-corrected chi connectivity index (χ1v) is 4.57. The average Bonchev–Trinajstić information content (AvgIpc) is 2.40. The Morgan fingerprint density at radius 3 is 3.00 bits per heavy atom. The lowest BCUT2D eigenvalue weighted by Crippen LogP contribution is -2.10. The molecule has 0 radical (unpaired) electrons. The Morgan fingerprint density at radius 1 is 1.64 bits per heavy atom. The van der Waals surface area contributed by atoms with Gasteiger partial charge in [0.2, 0.25) is 0 Å². The zero-order valence-corrected chi connectivity index (χ0v) is 7.11. The van der Waals surface area contributed by atoms with Crippen LogP contribution in [0.25, 0.3) is 0 Å². The molecule has 2 N–H and O–H groups in total. The summed E-state index contributed by atoms with van der Waals surface area (Å²) < 4.78 is 12.9. The second-order valence-corrected chi connectivity index (χ2v) is 3.49. The van der Waals surface area contributed by atoms with E-state index in [4.69, 9.17) is 5.73 Å². The number of rotatable bonds is 4. The van der Waals surface area contributed by atoms with Crippen molar-refractivity contribution in [3.63, 3.8) is 0 Å². The zero-order chi connectivity index (χ0) is 8.10. The number of nitrogens with two attached hydrogens (primary N) is 1. The van der Waals surface area contributed by atoms with E-state index in [9.17, 15) is 4.39 Å². The van der Waals surface area contributed by atoms with Crippen LogP contribution in [-0.4, -0.2) is 12.7 Å². The normalized spacial score (nSPS) is 13.3. The monoisotopic (exact) mass is 173 g/mol. The van der Waals surface area contributed by atoms with Crippen LogP contribution in [0.1, 0.15) is 11.3 Å². The molecule has 62 valence electrons. The predicted molar refractivity (Wildman–Crippen MR) is 46.6 cm³/mol. The standard InChI is InChI=1S/C8H12FNS/c9-7(3-4-10)6-8-2-1-5-11-8/h1-2,5,7H,3-4,6,10H2. The van der Waals surface area contributed by atoms with E-state index in [0.29, 0.717) is 19.4 Å². The Hall–Kier alpha value is -0.410. The molecule has 1 heterocycles. The van der Waals surface area contributed by atoms with Crippen molar-refractivity contribution in [1.82, 2.24) is 0 Å². The summed E-state index contributed by atoms with van der Waals surface area (Å²) in [6.07, 6.45) is 0.228. The van der Waals surface area contributed by atoms with Gasteiger partial charge in [0, 0.05) is 11.3 Å². The van der Waals surface area contributed by atoms with E-state index in [-0.39, 0.29) is 0 Å². The molecule has 3 heteroatoms. The summed E-state index contributed by atoms with van der Waals surface area (Å²) in [6, 6.07) is 3.89. The molecule has 0 bridgehead atoms. The highest BCUT2D eigenvalue weighted by molar-refractivity contribution is 7.09. The molecule has 0 aliphatic rings. The van der Waals surface area contributed by atoms with Crippen LogP contribution < -0.4 is 5.73 Å². The summed E-state index contributed by atoms with van der Waals surface area (Å²) >= 11 is 1.60. The third-order valence-electron chi connectivity index (χ3n) is 1.48. The average molecular weight is 173 g/mol. The van der Waals surface area contributed by atoms with Crippen LogP contribution in [0, 0.1) is 0 Å². The minimum atomic E-state index is -0.765.